The van der Waals surface area contributed by atoms with Crippen LogP contribution in [0.15, 0.2) is 29.2 Å². The summed E-state index contributed by atoms with van der Waals surface area (Å²) < 4.78 is 33.1. The molecule has 0 saturated carbocycles. The van der Waals surface area contributed by atoms with E-state index >= 15 is 0 Å². The predicted molar refractivity (Wildman–Crippen MR) is 98.9 cm³/mol. The first-order valence-electron chi connectivity index (χ1n) is 8.09. The number of aromatic nitrogens is 2. The van der Waals surface area contributed by atoms with Crippen LogP contribution in [0.3, 0.4) is 0 Å². The van der Waals surface area contributed by atoms with Crippen LogP contribution in [0.2, 0.25) is 0 Å². The van der Waals surface area contributed by atoms with E-state index in [9.17, 15) is 8.42 Å². The maximum Gasteiger partial charge on any atom is 0.263 e. The summed E-state index contributed by atoms with van der Waals surface area (Å²) in [4.78, 5) is 2.22. The molecule has 0 radical (unpaired) electrons. The van der Waals surface area contributed by atoms with Gasteiger partial charge in [0.05, 0.1) is 12.0 Å². The van der Waals surface area contributed by atoms with Gasteiger partial charge in [0.15, 0.2) is 11.6 Å². The number of rotatable bonds is 7. The lowest BCUT2D eigenvalue weighted by atomic mass is 10.1. The van der Waals surface area contributed by atoms with Crippen molar-refractivity contribution in [1.29, 1.82) is 0 Å². The Morgan fingerprint density at radius 3 is 2.28 bits per heavy atom. The van der Waals surface area contributed by atoms with Crippen molar-refractivity contribution in [2.75, 3.05) is 29.8 Å². The second-order valence-corrected chi connectivity index (χ2v) is 7.29. The quantitative estimate of drug-likeness (QED) is 0.813. The van der Waals surface area contributed by atoms with Gasteiger partial charge in [-0.2, -0.15) is 0 Å². The molecule has 136 valence electrons. The fourth-order valence-electron chi connectivity index (χ4n) is 2.56. The number of hydrogen-bond donors (Lipinski definition) is 1. The maximum absolute atomic E-state index is 12.7. The highest BCUT2D eigenvalue weighted by Crippen LogP contribution is 2.26. The summed E-state index contributed by atoms with van der Waals surface area (Å²) in [5.74, 6) is 1.55. The zero-order valence-electron chi connectivity index (χ0n) is 15.2. The molecule has 0 unspecified atom stereocenters. The number of aryl methyl sites for hydroxylation is 2. The van der Waals surface area contributed by atoms with Crippen LogP contribution >= 0.6 is 0 Å². The average Bonchev–Trinajstić information content (AvgIpc) is 2.58. The molecule has 0 spiro atoms. The van der Waals surface area contributed by atoms with E-state index in [1.54, 1.807) is 45.2 Å². The number of nitrogens with one attached hydrogen (secondary N) is 1. The molecule has 0 saturated heterocycles. The highest BCUT2D eigenvalue weighted by Gasteiger charge is 2.20. The Kier molecular flexibility index (Phi) is 5.84. The molecule has 0 atom stereocenters. The van der Waals surface area contributed by atoms with Crippen molar-refractivity contribution in [1.82, 2.24) is 10.2 Å². The molecule has 0 bridgehead atoms. The van der Waals surface area contributed by atoms with Crippen LogP contribution < -0.4 is 14.4 Å². The van der Waals surface area contributed by atoms with Crippen LogP contribution in [0.1, 0.15) is 25.0 Å². The lowest BCUT2D eigenvalue weighted by Crippen LogP contribution is -2.23. The normalized spacial score (nSPS) is 11.2. The summed E-state index contributed by atoms with van der Waals surface area (Å²) in [6, 6.07) is 6.67. The smallest absolute Gasteiger partial charge is 0.263 e. The highest BCUT2D eigenvalue weighted by atomic mass is 32.2. The molecule has 2 rings (SSSR count). The Hall–Kier alpha value is -2.35. The summed E-state index contributed by atoms with van der Waals surface area (Å²) in [6.45, 7) is 9.19. The molecule has 2 aromatic rings. The molecule has 1 N–H and O–H groups in total. The van der Waals surface area contributed by atoms with Crippen molar-refractivity contribution >= 4 is 21.7 Å². The number of nitrogens with zero attached hydrogens (tertiary/aromatic N) is 3. The third kappa shape index (κ3) is 4.19. The van der Waals surface area contributed by atoms with Crippen molar-refractivity contribution < 1.29 is 13.2 Å². The first-order chi connectivity index (χ1) is 11.8. The molecule has 8 heteroatoms. The maximum atomic E-state index is 12.7. The summed E-state index contributed by atoms with van der Waals surface area (Å²) in [7, 11) is -2.20. The predicted octanol–water partition coefficient (Wildman–Crippen LogP) is 2.75. The Balaban J connectivity index is 2.29. The minimum Gasteiger partial charge on any atom is -0.496 e. The molecule has 0 amide bonds. The Labute approximate surface area is 149 Å². The fraction of sp³-hybridized carbons (Fsp3) is 0.412. The molecule has 1 aromatic carbocycles. The standard InChI is InChI=1S/C17H24N4O3S/c1-6-21(7-2)17-9-8-16(18-19-17)20-25(22,23)15-11-12(3)14(24-5)10-13(15)4/h8-11H,6-7H2,1-5H3,(H,18,20). The van der Waals surface area contributed by atoms with E-state index in [1.807, 2.05) is 18.7 Å². The van der Waals surface area contributed by atoms with Gasteiger partial charge in [0, 0.05) is 13.1 Å². The van der Waals surface area contributed by atoms with Gasteiger partial charge in [0.25, 0.3) is 10.0 Å². The third-order valence-electron chi connectivity index (χ3n) is 3.96. The lowest BCUT2D eigenvalue weighted by Gasteiger charge is -2.19. The number of sulfonamides is 1. The highest BCUT2D eigenvalue weighted by molar-refractivity contribution is 7.92. The van der Waals surface area contributed by atoms with Gasteiger partial charge < -0.3 is 9.64 Å². The number of anilines is 2. The lowest BCUT2D eigenvalue weighted by molar-refractivity contribution is 0.411. The first-order valence-corrected chi connectivity index (χ1v) is 9.57. The molecule has 0 aliphatic heterocycles. The monoisotopic (exact) mass is 364 g/mol. The van der Waals surface area contributed by atoms with Gasteiger partial charge in [-0.25, -0.2) is 8.42 Å². The van der Waals surface area contributed by atoms with E-state index in [2.05, 4.69) is 14.9 Å². The molecule has 25 heavy (non-hydrogen) atoms. The SMILES string of the molecule is CCN(CC)c1ccc(NS(=O)(=O)c2cc(C)c(OC)cc2C)nn1. The molecular weight excluding hydrogens is 340 g/mol. The van der Waals surface area contributed by atoms with Crippen LogP contribution in [-0.4, -0.2) is 38.8 Å². The van der Waals surface area contributed by atoms with E-state index in [0.717, 1.165) is 18.7 Å². The van der Waals surface area contributed by atoms with Crippen molar-refractivity contribution in [2.24, 2.45) is 0 Å². The van der Waals surface area contributed by atoms with E-state index < -0.39 is 10.0 Å². The first kappa shape index (κ1) is 19.0. The number of methoxy groups -OCH3 is 1. The Bertz CT molecular complexity index is 832. The summed E-state index contributed by atoms with van der Waals surface area (Å²) in [5, 5.41) is 8.08. The van der Waals surface area contributed by atoms with Gasteiger partial charge in [0.2, 0.25) is 0 Å². The minimum absolute atomic E-state index is 0.184. The number of hydrogen-bond acceptors (Lipinski definition) is 6. The fourth-order valence-corrected chi connectivity index (χ4v) is 3.87. The average molecular weight is 364 g/mol. The van der Waals surface area contributed by atoms with Crippen LogP contribution in [0.4, 0.5) is 11.6 Å². The van der Waals surface area contributed by atoms with Crippen molar-refractivity contribution in [2.45, 2.75) is 32.6 Å². The van der Waals surface area contributed by atoms with Gasteiger partial charge in [-0.1, -0.05) is 0 Å². The van der Waals surface area contributed by atoms with Crippen LogP contribution in [0, 0.1) is 13.8 Å². The molecule has 0 aliphatic rings. The molecule has 0 aliphatic carbocycles. The molecule has 1 aromatic heterocycles. The minimum atomic E-state index is -3.76. The largest absolute Gasteiger partial charge is 0.496 e. The van der Waals surface area contributed by atoms with Crippen molar-refractivity contribution in [3.63, 3.8) is 0 Å². The van der Waals surface area contributed by atoms with Gasteiger partial charge in [-0.05, 0) is 63.1 Å². The summed E-state index contributed by atoms with van der Waals surface area (Å²) in [5.41, 5.74) is 1.35. The van der Waals surface area contributed by atoms with E-state index in [0.29, 0.717) is 17.1 Å². The Morgan fingerprint density at radius 2 is 1.76 bits per heavy atom. The molecule has 0 fully saturated rings. The molecule has 7 nitrogen and oxygen atoms in total. The zero-order valence-corrected chi connectivity index (χ0v) is 16.0. The van der Waals surface area contributed by atoms with Gasteiger partial charge in [-0.3, -0.25) is 4.72 Å². The number of benzene rings is 1. The Morgan fingerprint density at radius 1 is 1.08 bits per heavy atom. The van der Waals surface area contributed by atoms with E-state index in [4.69, 9.17) is 4.74 Å². The van der Waals surface area contributed by atoms with Crippen LogP contribution in [0.5, 0.6) is 5.75 Å². The van der Waals surface area contributed by atoms with Gasteiger partial charge >= 0.3 is 0 Å². The summed E-state index contributed by atoms with van der Waals surface area (Å²) >= 11 is 0. The molecular formula is C17H24N4O3S. The van der Waals surface area contributed by atoms with Crippen LogP contribution in [-0.2, 0) is 10.0 Å². The van der Waals surface area contributed by atoms with Crippen molar-refractivity contribution in [3.8, 4) is 5.75 Å². The van der Waals surface area contributed by atoms with Gasteiger partial charge in [-0.15, -0.1) is 10.2 Å². The molecule has 1 heterocycles. The number of ether oxygens (including phenoxy) is 1. The van der Waals surface area contributed by atoms with E-state index in [-0.39, 0.29) is 10.7 Å². The van der Waals surface area contributed by atoms with Gasteiger partial charge in [0.1, 0.15) is 5.75 Å². The summed E-state index contributed by atoms with van der Waals surface area (Å²) in [6.07, 6.45) is 0. The van der Waals surface area contributed by atoms with Crippen LogP contribution in [0.25, 0.3) is 0 Å². The second kappa shape index (κ2) is 7.69. The van der Waals surface area contributed by atoms with Crippen molar-refractivity contribution in [3.05, 3.63) is 35.4 Å². The second-order valence-electron chi connectivity index (χ2n) is 5.64. The zero-order chi connectivity index (χ0) is 18.6. The van der Waals surface area contributed by atoms with E-state index in [1.165, 1.54) is 0 Å². The third-order valence-corrected chi connectivity index (χ3v) is 5.46. The topological polar surface area (TPSA) is 84.4 Å².